The van der Waals surface area contributed by atoms with Crippen LogP contribution in [0, 0.1) is 36.5 Å². The van der Waals surface area contributed by atoms with Crippen molar-refractivity contribution in [3.8, 4) is 35.4 Å². The molecule has 0 aliphatic carbocycles. The molecule has 6 rings (SSSR count). The van der Waals surface area contributed by atoms with Crippen LogP contribution in [0.1, 0.15) is 58.3 Å². The van der Waals surface area contributed by atoms with Gasteiger partial charge in [-0.1, -0.05) is 24.3 Å². The number of rotatable bonds is 9. The van der Waals surface area contributed by atoms with Gasteiger partial charge in [0.2, 0.25) is 23.5 Å². The van der Waals surface area contributed by atoms with Crippen LogP contribution in [0.2, 0.25) is 0 Å². The highest BCUT2D eigenvalue weighted by molar-refractivity contribution is 5.57. The Hall–Kier alpha value is -5.88. The molecular formula is C32H30N8O4. The lowest BCUT2D eigenvalue weighted by Crippen LogP contribution is -2.21. The van der Waals surface area contributed by atoms with Crippen molar-refractivity contribution < 1.29 is 18.9 Å². The molecule has 44 heavy (non-hydrogen) atoms. The summed E-state index contributed by atoms with van der Waals surface area (Å²) in [6.07, 6.45) is 1.52. The van der Waals surface area contributed by atoms with Gasteiger partial charge in [-0.2, -0.15) is 10.5 Å². The van der Waals surface area contributed by atoms with E-state index in [0.717, 1.165) is 46.5 Å². The van der Waals surface area contributed by atoms with E-state index in [1.807, 2.05) is 62.4 Å². The molecule has 6 N–H and O–H groups in total. The van der Waals surface area contributed by atoms with E-state index in [1.165, 1.54) is 0 Å². The molecule has 0 amide bonds. The third-order valence-corrected chi connectivity index (χ3v) is 7.72. The predicted molar refractivity (Wildman–Crippen MR) is 158 cm³/mol. The zero-order valence-corrected chi connectivity index (χ0v) is 24.2. The second-order valence-electron chi connectivity index (χ2n) is 10.5. The number of fused-ring (bicyclic) bond motifs is 2. The average Bonchev–Trinajstić information content (AvgIpc) is 3.58. The minimum atomic E-state index is -0.406. The summed E-state index contributed by atoms with van der Waals surface area (Å²) in [6.45, 7) is 4.74. The number of benzene rings is 2. The Bertz CT molecular complexity index is 1740. The Labute approximate surface area is 253 Å². The first kappa shape index (κ1) is 28.2. The average molecular weight is 591 g/mol. The van der Waals surface area contributed by atoms with Gasteiger partial charge in [0, 0.05) is 22.5 Å². The Balaban J connectivity index is 1.06. The molecule has 0 saturated carbocycles. The van der Waals surface area contributed by atoms with Crippen molar-refractivity contribution in [3.63, 3.8) is 0 Å². The lowest BCUT2D eigenvalue weighted by molar-refractivity contribution is 0.266. The highest BCUT2D eigenvalue weighted by Crippen LogP contribution is 2.44. The van der Waals surface area contributed by atoms with E-state index in [2.05, 4.69) is 32.5 Å². The molecule has 4 heterocycles. The van der Waals surface area contributed by atoms with Gasteiger partial charge in [0.1, 0.15) is 34.8 Å². The number of unbranched alkanes of at least 4 members (excludes halogenated alkanes) is 1. The standard InChI is InChI=1S/C32H30N8O4/c1-17-25-27(23(15-33)29(35)43-31(25)39-37-17)19-7-5-9-21(13-19)41-11-3-4-12-42-22-10-6-8-20(14-22)28-24(16-34)30(36)44-32-26(28)18(2)38-40-32/h5-10,13-14,27-28H,3-4,11-12,35-36H2,1-2H3,(H,37,39)(H,38,40). The minimum Gasteiger partial charge on any atom is -0.494 e. The molecule has 2 atom stereocenters. The van der Waals surface area contributed by atoms with E-state index in [-0.39, 0.29) is 11.8 Å². The van der Waals surface area contributed by atoms with Crippen LogP contribution in [-0.4, -0.2) is 33.6 Å². The maximum absolute atomic E-state index is 9.81. The molecule has 0 bridgehead atoms. The second-order valence-corrected chi connectivity index (χ2v) is 10.5. The summed E-state index contributed by atoms with van der Waals surface area (Å²) < 4.78 is 23.2. The molecule has 0 fully saturated rings. The molecule has 2 aromatic heterocycles. The molecule has 4 aromatic rings. The molecule has 2 aromatic carbocycles. The monoisotopic (exact) mass is 590 g/mol. The van der Waals surface area contributed by atoms with Crippen LogP contribution in [0.5, 0.6) is 23.3 Å². The number of nitriles is 2. The van der Waals surface area contributed by atoms with Crippen LogP contribution in [0.25, 0.3) is 0 Å². The maximum atomic E-state index is 9.81. The first-order valence-electron chi connectivity index (χ1n) is 14.1. The Morgan fingerprint density at radius 1 is 0.750 bits per heavy atom. The smallest absolute Gasteiger partial charge is 0.244 e. The summed E-state index contributed by atoms with van der Waals surface area (Å²) in [5.74, 6) is 1.41. The van der Waals surface area contributed by atoms with Crippen LogP contribution >= 0.6 is 0 Å². The van der Waals surface area contributed by atoms with E-state index >= 15 is 0 Å². The van der Waals surface area contributed by atoms with Crippen LogP contribution in [0.3, 0.4) is 0 Å². The Morgan fingerprint density at radius 2 is 1.18 bits per heavy atom. The fourth-order valence-corrected chi connectivity index (χ4v) is 5.62. The van der Waals surface area contributed by atoms with Gasteiger partial charge >= 0.3 is 0 Å². The summed E-state index contributed by atoms with van der Waals surface area (Å²) in [5, 5.41) is 33.8. The molecule has 0 spiro atoms. The minimum absolute atomic E-state index is 0.0496. The van der Waals surface area contributed by atoms with Gasteiger partial charge in [0.25, 0.3) is 0 Å². The SMILES string of the molecule is Cc1[nH]nc2c1C(c1cccc(OCCCCOc3cccc(C4C(C#N)=C(N)Oc5n[nH]c(C)c54)c3)c1)C(C#N)=C(N)O2. The number of hydrogen-bond acceptors (Lipinski definition) is 10. The summed E-state index contributed by atoms with van der Waals surface area (Å²) in [5.41, 5.74) is 17.7. The van der Waals surface area contributed by atoms with Crippen LogP contribution in [-0.2, 0) is 0 Å². The quantitative estimate of drug-likeness (QED) is 0.203. The topological polar surface area (TPSA) is 194 Å². The van der Waals surface area contributed by atoms with Gasteiger partial charge in [0.15, 0.2) is 0 Å². The van der Waals surface area contributed by atoms with Gasteiger partial charge in [-0.25, -0.2) is 0 Å². The molecule has 2 unspecified atom stereocenters. The largest absolute Gasteiger partial charge is 0.494 e. The van der Waals surface area contributed by atoms with Gasteiger partial charge in [-0.15, -0.1) is 10.2 Å². The summed E-state index contributed by atoms with van der Waals surface area (Å²) in [7, 11) is 0. The molecule has 0 saturated heterocycles. The molecule has 222 valence electrons. The van der Waals surface area contributed by atoms with Crippen LogP contribution in [0.15, 0.2) is 71.4 Å². The number of allylic oxidation sites excluding steroid dienone is 2. The number of hydrogen-bond donors (Lipinski definition) is 4. The third kappa shape index (κ3) is 5.14. The van der Waals surface area contributed by atoms with Crippen molar-refractivity contribution in [2.75, 3.05) is 13.2 Å². The normalized spacial score (nSPS) is 17.1. The highest BCUT2D eigenvalue weighted by atomic mass is 16.5. The molecule has 12 heteroatoms. The molecular weight excluding hydrogens is 560 g/mol. The predicted octanol–water partition coefficient (Wildman–Crippen LogP) is 4.42. The third-order valence-electron chi connectivity index (χ3n) is 7.72. The summed E-state index contributed by atoms with van der Waals surface area (Å²) >= 11 is 0. The van der Waals surface area contributed by atoms with E-state index in [4.69, 9.17) is 30.4 Å². The molecule has 2 aliphatic rings. The number of aromatic nitrogens is 4. The fraction of sp³-hybridized carbons (Fsp3) is 0.250. The number of ether oxygens (including phenoxy) is 4. The molecule has 0 radical (unpaired) electrons. The summed E-state index contributed by atoms with van der Waals surface area (Å²) in [6, 6.07) is 19.6. The first-order valence-corrected chi connectivity index (χ1v) is 14.1. The van der Waals surface area contributed by atoms with E-state index in [9.17, 15) is 10.5 Å². The lowest BCUT2D eigenvalue weighted by Gasteiger charge is -2.24. The van der Waals surface area contributed by atoms with E-state index in [0.29, 0.717) is 47.6 Å². The fourth-order valence-electron chi connectivity index (χ4n) is 5.62. The van der Waals surface area contributed by atoms with E-state index in [1.54, 1.807) is 0 Å². The van der Waals surface area contributed by atoms with Gasteiger partial charge in [-0.05, 0) is 62.1 Å². The lowest BCUT2D eigenvalue weighted by atomic mass is 9.84. The van der Waals surface area contributed by atoms with Gasteiger partial charge < -0.3 is 30.4 Å². The van der Waals surface area contributed by atoms with Crippen molar-refractivity contribution in [2.24, 2.45) is 11.5 Å². The maximum Gasteiger partial charge on any atom is 0.244 e. The van der Waals surface area contributed by atoms with Gasteiger partial charge in [-0.3, -0.25) is 10.2 Å². The van der Waals surface area contributed by atoms with E-state index < -0.39 is 11.8 Å². The van der Waals surface area contributed by atoms with Crippen molar-refractivity contribution in [1.82, 2.24) is 20.4 Å². The zero-order chi connectivity index (χ0) is 30.8. The first-order chi connectivity index (χ1) is 21.4. The number of aromatic amines is 2. The Kier molecular flexibility index (Phi) is 7.56. The molecule has 2 aliphatic heterocycles. The van der Waals surface area contributed by atoms with Crippen molar-refractivity contribution in [2.45, 2.75) is 38.5 Å². The van der Waals surface area contributed by atoms with Crippen molar-refractivity contribution in [3.05, 3.63) is 105 Å². The number of nitrogens with one attached hydrogen (secondary N) is 2. The second kappa shape index (κ2) is 11.8. The zero-order valence-electron chi connectivity index (χ0n) is 24.2. The number of H-pyrrole nitrogens is 2. The van der Waals surface area contributed by atoms with Crippen molar-refractivity contribution in [1.29, 1.82) is 10.5 Å². The number of aryl methyl sites for hydroxylation is 2. The Morgan fingerprint density at radius 3 is 1.59 bits per heavy atom. The molecule has 12 nitrogen and oxygen atoms in total. The summed E-state index contributed by atoms with van der Waals surface area (Å²) in [4.78, 5) is 0. The van der Waals surface area contributed by atoms with Crippen molar-refractivity contribution >= 4 is 0 Å². The van der Waals surface area contributed by atoms with Crippen LogP contribution < -0.4 is 30.4 Å². The van der Waals surface area contributed by atoms with Crippen LogP contribution in [0.4, 0.5) is 0 Å². The highest BCUT2D eigenvalue weighted by Gasteiger charge is 2.35. The van der Waals surface area contributed by atoms with Gasteiger partial charge in [0.05, 0.1) is 25.0 Å². The number of nitrogens with zero attached hydrogens (tertiary/aromatic N) is 4. The number of nitrogens with two attached hydrogens (primary N) is 2.